The lowest BCUT2D eigenvalue weighted by Crippen LogP contribution is -2.17. The Bertz CT molecular complexity index is 94.1. The monoisotopic (exact) mass is 175 g/mol. The lowest BCUT2D eigenvalue weighted by atomic mass is 10.3. The SMILES string of the molecule is CSCCCOC1CCNC1. The Hall–Kier alpha value is 0.270. The van der Waals surface area contributed by atoms with Crippen LogP contribution in [0.4, 0.5) is 0 Å². The number of hydrogen-bond donors (Lipinski definition) is 1. The van der Waals surface area contributed by atoms with Crippen LogP contribution in [0.1, 0.15) is 12.8 Å². The summed E-state index contributed by atoms with van der Waals surface area (Å²) in [6.45, 7) is 3.12. The van der Waals surface area contributed by atoms with Crippen molar-refractivity contribution in [3.8, 4) is 0 Å². The second-order valence-electron chi connectivity index (χ2n) is 2.83. The maximum atomic E-state index is 5.63. The summed E-state index contributed by atoms with van der Waals surface area (Å²) in [5.74, 6) is 1.22. The predicted octanol–water partition coefficient (Wildman–Crippen LogP) is 1.12. The Morgan fingerprint density at radius 2 is 2.55 bits per heavy atom. The van der Waals surface area contributed by atoms with E-state index in [4.69, 9.17) is 4.74 Å². The quantitative estimate of drug-likeness (QED) is 0.633. The standard InChI is InChI=1S/C8H17NOS/c1-11-6-2-5-10-8-3-4-9-7-8/h8-9H,2-7H2,1H3. The molecule has 1 heterocycles. The number of thioether (sulfide) groups is 1. The molecule has 2 nitrogen and oxygen atoms in total. The van der Waals surface area contributed by atoms with E-state index in [0.29, 0.717) is 6.10 Å². The topological polar surface area (TPSA) is 21.3 Å². The Balaban J connectivity index is 1.86. The second kappa shape index (κ2) is 5.86. The number of nitrogens with one attached hydrogen (secondary N) is 1. The first kappa shape index (κ1) is 9.36. The van der Waals surface area contributed by atoms with Crippen molar-refractivity contribution in [1.29, 1.82) is 0 Å². The van der Waals surface area contributed by atoms with Gasteiger partial charge in [-0.15, -0.1) is 0 Å². The first-order chi connectivity index (χ1) is 5.43. The summed E-state index contributed by atoms with van der Waals surface area (Å²) in [6.07, 6.45) is 5.02. The van der Waals surface area contributed by atoms with E-state index < -0.39 is 0 Å². The van der Waals surface area contributed by atoms with E-state index in [9.17, 15) is 0 Å². The lowest BCUT2D eigenvalue weighted by molar-refractivity contribution is 0.0681. The minimum absolute atomic E-state index is 0.497. The van der Waals surface area contributed by atoms with Gasteiger partial charge in [-0.25, -0.2) is 0 Å². The summed E-state index contributed by atoms with van der Waals surface area (Å²) in [7, 11) is 0. The fourth-order valence-corrected chi connectivity index (χ4v) is 1.63. The van der Waals surface area contributed by atoms with Gasteiger partial charge in [0, 0.05) is 13.2 Å². The third-order valence-electron chi connectivity index (χ3n) is 1.86. The Morgan fingerprint density at radius 1 is 1.64 bits per heavy atom. The van der Waals surface area contributed by atoms with Crippen LogP contribution in [0.15, 0.2) is 0 Å². The summed E-state index contributed by atoms with van der Waals surface area (Å²) in [5.41, 5.74) is 0. The molecule has 0 aromatic heterocycles. The van der Waals surface area contributed by atoms with E-state index in [0.717, 1.165) is 19.7 Å². The number of rotatable bonds is 5. The van der Waals surface area contributed by atoms with E-state index in [2.05, 4.69) is 11.6 Å². The highest BCUT2D eigenvalue weighted by molar-refractivity contribution is 7.98. The van der Waals surface area contributed by atoms with E-state index in [-0.39, 0.29) is 0 Å². The zero-order valence-electron chi connectivity index (χ0n) is 7.14. The van der Waals surface area contributed by atoms with Gasteiger partial charge < -0.3 is 10.1 Å². The molecule has 0 aromatic rings. The largest absolute Gasteiger partial charge is 0.377 e. The van der Waals surface area contributed by atoms with Crippen molar-refractivity contribution in [3.05, 3.63) is 0 Å². The van der Waals surface area contributed by atoms with E-state index in [1.54, 1.807) is 0 Å². The van der Waals surface area contributed by atoms with Gasteiger partial charge >= 0.3 is 0 Å². The molecule has 1 unspecified atom stereocenters. The number of hydrogen-bond acceptors (Lipinski definition) is 3. The molecule has 1 fully saturated rings. The molecule has 1 N–H and O–H groups in total. The van der Waals surface area contributed by atoms with Crippen molar-refractivity contribution in [2.75, 3.05) is 31.7 Å². The van der Waals surface area contributed by atoms with E-state index in [1.165, 1.54) is 18.6 Å². The molecule has 66 valence electrons. The average Bonchev–Trinajstić information content (AvgIpc) is 2.50. The molecule has 1 aliphatic rings. The zero-order valence-corrected chi connectivity index (χ0v) is 7.95. The highest BCUT2D eigenvalue weighted by atomic mass is 32.2. The van der Waals surface area contributed by atoms with Gasteiger partial charge in [0.2, 0.25) is 0 Å². The van der Waals surface area contributed by atoms with E-state index in [1.807, 2.05) is 11.8 Å². The van der Waals surface area contributed by atoms with E-state index >= 15 is 0 Å². The molecule has 0 aliphatic carbocycles. The van der Waals surface area contributed by atoms with Gasteiger partial charge in [0.1, 0.15) is 0 Å². The number of ether oxygens (including phenoxy) is 1. The van der Waals surface area contributed by atoms with Crippen LogP contribution >= 0.6 is 11.8 Å². The minimum Gasteiger partial charge on any atom is -0.377 e. The zero-order chi connectivity index (χ0) is 7.94. The van der Waals surface area contributed by atoms with Crippen molar-refractivity contribution in [3.63, 3.8) is 0 Å². The molecular formula is C8H17NOS. The molecule has 1 atom stereocenters. The van der Waals surface area contributed by atoms with Crippen LogP contribution in [0.25, 0.3) is 0 Å². The maximum Gasteiger partial charge on any atom is 0.0711 e. The summed E-state index contributed by atoms with van der Waals surface area (Å²) >= 11 is 1.89. The summed E-state index contributed by atoms with van der Waals surface area (Å²) in [6, 6.07) is 0. The molecule has 0 amide bonds. The minimum atomic E-state index is 0.497. The van der Waals surface area contributed by atoms with Crippen LogP contribution in [-0.2, 0) is 4.74 Å². The van der Waals surface area contributed by atoms with Crippen LogP contribution in [0.2, 0.25) is 0 Å². The van der Waals surface area contributed by atoms with Gasteiger partial charge in [-0.2, -0.15) is 11.8 Å². The third-order valence-corrected chi connectivity index (χ3v) is 2.56. The first-order valence-electron chi connectivity index (χ1n) is 4.24. The fourth-order valence-electron chi connectivity index (χ4n) is 1.22. The molecule has 11 heavy (non-hydrogen) atoms. The van der Waals surface area contributed by atoms with Crippen LogP contribution in [0, 0.1) is 0 Å². The van der Waals surface area contributed by atoms with Crippen molar-refractivity contribution < 1.29 is 4.74 Å². The van der Waals surface area contributed by atoms with Crippen LogP contribution < -0.4 is 5.32 Å². The summed E-state index contributed by atoms with van der Waals surface area (Å²) < 4.78 is 5.63. The van der Waals surface area contributed by atoms with Crippen LogP contribution in [-0.4, -0.2) is 37.8 Å². The fraction of sp³-hybridized carbons (Fsp3) is 1.00. The lowest BCUT2D eigenvalue weighted by Gasteiger charge is -2.09. The smallest absolute Gasteiger partial charge is 0.0711 e. The molecule has 1 rings (SSSR count). The molecule has 0 spiro atoms. The molecule has 0 aromatic carbocycles. The highest BCUT2D eigenvalue weighted by Gasteiger charge is 2.13. The van der Waals surface area contributed by atoms with Crippen molar-refractivity contribution in [1.82, 2.24) is 5.32 Å². The first-order valence-corrected chi connectivity index (χ1v) is 5.64. The molecular weight excluding hydrogens is 158 g/mol. The van der Waals surface area contributed by atoms with Crippen LogP contribution in [0.5, 0.6) is 0 Å². The summed E-state index contributed by atoms with van der Waals surface area (Å²) in [5, 5.41) is 3.28. The van der Waals surface area contributed by atoms with Gasteiger partial charge in [-0.1, -0.05) is 0 Å². The summed E-state index contributed by atoms with van der Waals surface area (Å²) in [4.78, 5) is 0. The Labute approximate surface area is 73.1 Å². The Kier molecular flexibility index (Phi) is 4.99. The van der Waals surface area contributed by atoms with Gasteiger partial charge in [0.05, 0.1) is 6.10 Å². The highest BCUT2D eigenvalue weighted by Crippen LogP contribution is 2.04. The maximum absolute atomic E-state index is 5.63. The second-order valence-corrected chi connectivity index (χ2v) is 3.82. The molecule has 3 heteroatoms. The van der Waals surface area contributed by atoms with Gasteiger partial charge in [0.25, 0.3) is 0 Å². The van der Waals surface area contributed by atoms with Crippen molar-refractivity contribution in [2.45, 2.75) is 18.9 Å². The van der Waals surface area contributed by atoms with Crippen molar-refractivity contribution >= 4 is 11.8 Å². The molecule has 1 aliphatic heterocycles. The van der Waals surface area contributed by atoms with Crippen molar-refractivity contribution in [2.24, 2.45) is 0 Å². The normalized spacial score (nSPS) is 24.3. The Morgan fingerprint density at radius 3 is 3.18 bits per heavy atom. The van der Waals surface area contributed by atoms with Gasteiger partial charge in [-0.05, 0) is 31.4 Å². The molecule has 0 radical (unpaired) electrons. The molecule has 0 bridgehead atoms. The third kappa shape index (κ3) is 3.99. The average molecular weight is 175 g/mol. The molecule has 0 saturated carbocycles. The molecule has 1 saturated heterocycles. The predicted molar refractivity (Wildman–Crippen MR) is 50.2 cm³/mol. The van der Waals surface area contributed by atoms with Gasteiger partial charge in [0.15, 0.2) is 0 Å². The van der Waals surface area contributed by atoms with Crippen LogP contribution in [0.3, 0.4) is 0 Å². The van der Waals surface area contributed by atoms with Gasteiger partial charge in [-0.3, -0.25) is 0 Å².